The molecule has 2 unspecified atom stereocenters. The van der Waals surface area contributed by atoms with Crippen LogP contribution < -0.4 is 0 Å². The smallest absolute Gasteiger partial charge is 0.0719 e. The Kier molecular flexibility index (Phi) is 3.83. The van der Waals surface area contributed by atoms with Gasteiger partial charge in [-0.25, -0.2) is 0 Å². The van der Waals surface area contributed by atoms with Crippen LogP contribution in [0.3, 0.4) is 0 Å². The summed E-state index contributed by atoms with van der Waals surface area (Å²) < 4.78 is 6.16. The predicted molar refractivity (Wildman–Crippen MR) is 60.7 cm³/mol. The second kappa shape index (κ2) is 5.16. The van der Waals surface area contributed by atoms with Crippen LogP contribution in [0.4, 0.5) is 0 Å². The number of aliphatic hydroxyl groups is 1. The Morgan fingerprint density at radius 1 is 1.31 bits per heavy atom. The third-order valence-corrected chi connectivity index (χ3v) is 4.05. The Morgan fingerprint density at radius 3 is 2.69 bits per heavy atom. The minimum Gasteiger partial charge on any atom is -0.395 e. The van der Waals surface area contributed by atoms with Gasteiger partial charge in [-0.05, 0) is 32.1 Å². The van der Waals surface area contributed by atoms with E-state index in [4.69, 9.17) is 15.1 Å². The fraction of sp³-hybridized carbons (Fsp3) is 0.923. The maximum atomic E-state index is 9.01. The van der Waals surface area contributed by atoms with Crippen LogP contribution in [0, 0.1) is 17.2 Å². The molecule has 2 fully saturated rings. The SMILES string of the molecule is N#CC(CO)CC1CCC2(CCCCC2)O1. The summed E-state index contributed by atoms with van der Waals surface area (Å²) in [7, 11) is 0. The number of hydrogen-bond acceptors (Lipinski definition) is 3. The summed E-state index contributed by atoms with van der Waals surface area (Å²) in [5, 5.41) is 17.8. The summed E-state index contributed by atoms with van der Waals surface area (Å²) in [6.07, 6.45) is 9.43. The molecule has 1 aliphatic carbocycles. The first-order valence-electron chi connectivity index (χ1n) is 6.46. The van der Waals surface area contributed by atoms with E-state index in [0.29, 0.717) is 6.42 Å². The Balaban J connectivity index is 1.85. The lowest BCUT2D eigenvalue weighted by atomic mass is 9.83. The lowest BCUT2D eigenvalue weighted by Crippen LogP contribution is -2.32. The largest absolute Gasteiger partial charge is 0.395 e. The minimum absolute atomic E-state index is 0.0383. The van der Waals surface area contributed by atoms with Gasteiger partial charge in [0, 0.05) is 0 Å². The highest BCUT2D eigenvalue weighted by Gasteiger charge is 2.41. The highest BCUT2D eigenvalue weighted by molar-refractivity contribution is 4.93. The average Bonchev–Trinajstić information content (AvgIpc) is 2.70. The maximum Gasteiger partial charge on any atom is 0.0719 e. The van der Waals surface area contributed by atoms with E-state index in [1.165, 1.54) is 32.1 Å². The first-order valence-corrected chi connectivity index (χ1v) is 6.46. The molecule has 3 heteroatoms. The Labute approximate surface area is 97.4 Å². The van der Waals surface area contributed by atoms with Crippen LogP contribution in [-0.4, -0.2) is 23.4 Å². The molecule has 0 bridgehead atoms. The van der Waals surface area contributed by atoms with Gasteiger partial charge in [0.25, 0.3) is 0 Å². The number of nitrogens with zero attached hydrogens (tertiary/aromatic N) is 1. The molecule has 2 aliphatic rings. The molecule has 1 saturated carbocycles. The van der Waals surface area contributed by atoms with E-state index in [1.54, 1.807) is 0 Å². The zero-order valence-corrected chi connectivity index (χ0v) is 9.82. The molecule has 0 aromatic rings. The monoisotopic (exact) mass is 223 g/mol. The molecule has 3 nitrogen and oxygen atoms in total. The highest BCUT2D eigenvalue weighted by atomic mass is 16.5. The summed E-state index contributed by atoms with van der Waals surface area (Å²) in [6.45, 7) is -0.0383. The molecular formula is C13H21NO2. The van der Waals surface area contributed by atoms with Crippen LogP contribution >= 0.6 is 0 Å². The first-order chi connectivity index (χ1) is 7.78. The van der Waals surface area contributed by atoms with E-state index in [0.717, 1.165) is 12.8 Å². The number of hydrogen-bond donors (Lipinski definition) is 1. The lowest BCUT2D eigenvalue weighted by Gasteiger charge is -2.33. The summed E-state index contributed by atoms with van der Waals surface area (Å²) in [5.74, 6) is -0.247. The summed E-state index contributed by atoms with van der Waals surface area (Å²) in [5.41, 5.74) is 0.137. The number of nitriles is 1. The van der Waals surface area contributed by atoms with Gasteiger partial charge in [0.2, 0.25) is 0 Å². The van der Waals surface area contributed by atoms with Crippen molar-refractivity contribution in [1.82, 2.24) is 0 Å². The standard InChI is InChI=1S/C13H21NO2/c14-9-11(10-15)8-12-4-7-13(16-12)5-2-1-3-6-13/h11-12,15H,1-8,10H2. The van der Waals surface area contributed by atoms with Crippen molar-refractivity contribution >= 4 is 0 Å². The van der Waals surface area contributed by atoms with E-state index in [-0.39, 0.29) is 24.2 Å². The number of ether oxygens (including phenoxy) is 1. The molecule has 1 heterocycles. The topological polar surface area (TPSA) is 53.2 Å². The molecule has 16 heavy (non-hydrogen) atoms. The first kappa shape index (κ1) is 11.9. The van der Waals surface area contributed by atoms with Crippen molar-refractivity contribution in [1.29, 1.82) is 5.26 Å². The van der Waals surface area contributed by atoms with Crippen LogP contribution in [0.2, 0.25) is 0 Å². The van der Waals surface area contributed by atoms with Gasteiger partial charge in [0.05, 0.1) is 30.3 Å². The third-order valence-electron chi connectivity index (χ3n) is 4.05. The predicted octanol–water partition coefficient (Wildman–Crippen LogP) is 2.39. The van der Waals surface area contributed by atoms with Crippen molar-refractivity contribution in [2.75, 3.05) is 6.61 Å². The maximum absolute atomic E-state index is 9.01. The molecular weight excluding hydrogens is 202 g/mol. The van der Waals surface area contributed by atoms with Crippen LogP contribution in [0.5, 0.6) is 0 Å². The van der Waals surface area contributed by atoms with E-state index in [2.05, 4.69) is 6.07 Å². The van der Waals surface area contributed by atoms with Gasteiger partial charge in [-0.2, -0.15) is 5.26 Å². The van der Waals surface area contributed by atoms with E-state index in [1.807, 2.05) is 0 Å². The zero-order valence-electron chi connectivity index (χ0n) is 9.82. The van der Waals surface area contributed by atoms with Crippen molar-refractivity contribution in [3.05, 3.63) is 0 Å². The van der Waals surface area contributed by atoms with Crippen LogP contribution in [0.1, 0.15) is 51.4 Å². The molecule has 1 saturated heterocycles. The molecule has 0 amide bonds. The van der Waals surface area contributed by atoms with Crippen molar-refractivity contribution in [2.24, 2.45) is 5.92 Å². The quantitative estimate of drug-likeness (QED) is 0.799. The molecule has 1 aliphatic heterocycles. The molecule has 90 valence electrons. The second-order valence-corrected chi connectivity index (χ2v) is 5.27. The molecule has 2 rings (SSSR count). The van der Waals surface area contributed by atoms with Crippen molar-refractivity contribution < 1.29 is 9.84 Å². The van der Waals surface area contributed by atoms with E-state index in [9.17, 15) is 0 Å². The second-order valence-electron chi connectivity index (χ2n) is 5.27. The molecule has 0 radical (unpaired) electrons. The molecule has 1 N–H and O–H groups in total. The average molecular weight is 223 g/mol. The van der Waals surface area contributed by atoms with Gasteiger partial charge in [-0.3, -0.25) is 0 Å². The highest BCUT2D eigenvalue weighted by Crippen LogP contribution is 2.43. The number of rotatable bonds is 3. The van der Waals surface area contributed by atoms with Crippen LogP contribution in [0.25, 0.3) is 0 Å². The van der Waals surface area contributed by atoms with Crippen molar-refractivity contribution in [2.45, 2.75) is 63.1 Å². The van der Waals surface area contributed by atoms with Gasteiger partial charge in [0.1, 0.15) is 0 Å². The van der Waals surface area contributed by atoms with Gasteiger partial charge >= 0.3 is 0 Å². The normalized spacial score (nSPS) is 30.1. The Bertz CT molecular complexity index is 266. The zero-order chi connectivity index (χ0) is 11.4. The molecule has 1 spiro atoms. The summed E-state index contributed by atoms with van der Waals surface area (Å²) >= 11 is 0. The fourth-order valence-electron chi connectivity index (χ4n) is 3.11. The minimum atomic E-state index is -0.247. The van der Waals surface area contributed by atoms with Crippen LogP contribution in [0.15, 0.2) is 0 Å². The Hall–Kier alpha value is -0.590. The van der Waals surface area contributed by atoms with Gasteiger partial charge in [0.15, 0.2) is 0 Å². The molecule has 2 atom stereocenters. The van der Waals surface area contributed by atoms with E-state index < -0.39 is 0 Å². The van der Waals surface area contributed by atoms with Crippen molar-refractivity contribution in [3.63, 3.8) is 0 Å². The fourth-order valence-corrected chi connectivity index (χ4v) is 3.11. The molecule has 0 aromatic carbocycles. The lowest BCUT2D eigenvalue weighted by molar-refractivity contribution is -0.0694. The van der Waals surface area contributed by atoms with E-state index >= 15 is 0 Å². The summed E-state index contributed by atoms with van der Waals surface area (Å²) in [4.78, 5) is 0. The van der Waals surface area contributed by atoms with Gasteiger partial charge in [-0.1, -0.05) is 19.3 Å². The molecule has 0 aromatic heterocycles. The van der Waals surface area contributed by atoms with Crippen molar-refractivity contribution in [3.8, 4) is 6.07 Å². The number of aliphatic hydroxyl groups excluding tert-OH is 1. The summed E-state index contributed by atoms with van der Waals surface area (Å²) in [6, 6.07) is 2.14. The Morgan fingerprint density at radius 2 is 2.06 bits per heavy atom. The van der Waals surface area contributed by atoms with Crippen LogP contribution in [-0.2, 0) is 4.74 Å². The third kappa shape index (κ3) is 2.56. The van der Waals surface area contributed by atoms with Gasteiger partial charge < -0.3 is 9.84 Å². The van der Waals surface area contributed by atoms with Gasteiger partial charge in [-0.15, -0.1) is 0 Å².